The number of anilines is 1. The highest BCUT2D eigenvalue weighted by atomic mass is 16.4. The van der Waals surface area contributed by atoms with E-state index in [9.17, 15) is 4.79 Å². The van der Waals surface area contributed by atoms with Gasteiger partial charge < -0.3 is 10.0 Å². The number of para-hydroxylation sites is 1. The minimum absolute atomic E-state index is 0.701. The monoisotopic (exact) mass is 259 g/mol. The highest BCUT2D eigenvalue weighted by molar-refractivity contribution is 5.87. The molecule has 1 aromatic rings. The molecule has 0 bridgehead atoms. The Morgan fingerprint density at radius 1 is 1.42 bits per heavy atom. The van der Waals surface area contributed by atoms with Crippen LogP contribution >= 0.6 is 0 Å². The number of carbonyl (C=O) groups is 1. The van der Waals surface area contributed by atoms with Crippen LogP contribution in [0.25, 0.3) is 6.08 Å². The van der Waals surface area contributed by atoms with Crippen LogP contribution in [0.1, 0.15) is 25.8 Å². The third kappa shape index (κ3) is 3.37. The Morgan fingerprint density at radius 3 is 2.79 bits per heavy atom. The summed E-state index contributed by atoms with van der Waals surface area (Å²) in [7, 11) is 0. The zero-order chi connectivity index (χ0) is 13.8. The van der Waals surface area contributed by atoms with E-state index < -0.39 is 5.97 Å². The quantitative estimate of drug-likeness (QED) is 0.844. The van der Waals surface area contributed by atoms with Crippen molar-refractivity contribution in [2.45, 2.75) is 20.3 Å². The van der Waals surface area contributed by atoms with E-state index >= 15 is 0 Å². The lowest BCUT2D eigenvalue weighted by molar-refractivity contribution is -0.131. The highest BCUT2D eigenvalue weighted by Crippen LogP contribution is 2.30. The van der Waals surface area contributed by atoms with E-state index in [0.29, 0.717) is 5.92 Å². The van der Waals surface area contributed by atoms with Gasteiger partial charge in [-0.25, -0.2) is 4.79 Å². The zero-order valence-electron chi connectivity index (χ0n) is 11.5. The second-order valence-corrected chi connectivity index (χ2v) is 5.47. The third-order valence-electron chi connectivity index (χ3n) is 3.85. The Balaban J connectivity index is 2.19. The first-order chi connectivity index (χ1) is 9.08. The SMILES string of the molecule is CC(C)C1CCN(c2ccccc2/C=C/C(=O)O)C1. The van der Waals surface area contributed by atoms with Crippen LogP contribution in [0.4, 0.5) is 5.69 Å². The number of rotatable bonds is 4. The molecule has 0 spiro atoms. The Kier molecular flexibility index (Phi) is 4.25. The molecule has 0 aliphatic carbocycles. The maximum Gasteiger partial charge on any atom is 0.328 e. The fourth-order valence-corrected chi connectivity index (χ4v) is 2.63. The molecular weight excluding hydrogens is 238 g/mol. The Hall–Kier alpha value is -1.77. The predicted octanol–water partition coefficient (Wildman–Crippen LogP) is 3.27. The van der Waals surface area contributed by atoms with E-state index in [2.05, 4.69) is 24.8 Å². The average molecular weight is 259 g/mol. The van der Waals surface area contributed by atoms with Gasteiger partial charge in [0.05, 0.1) is 0 Å². The van der Waals surface area contributed by atoms with Gasteiger partial charge in [0, 0.05) is 24.9 Å². The van der Waals surface area contributed by atoms with Gasteiger partial charge in [-0.3, -0.25) is 0 Å². The molecule has 1 N–H and O–H groups in total. The van der Waals surface area contributed by atoms with E-state index in [0.717, 1.165) is 30.3 Å². The van der Waals surface area contributed by atoms with Gasteiger partial charge in [-0.15, -0.1) is 0 Å². The minimum Gasteiger partial charge on any atom is -0.478 e. The van der Waals surface area contributed by atoms with Gasteiger partial charge in [-0.1, -0.05) is 32.0 Å². The summed E-state index contributed by atoms with van der Waals surface area (Å²) in [6.07, 6.45) is 4.10. The second kappa shape index (κ2) is 5.91. The fourth-order valence-electron chi connectivity index (χ4n) is 2.63. The molecule has 1 aliphatic heterocycles. The summed E-state index contributed by atoms with van der Waals surface area (Å²) in [5, 5.41) is 8.75. The molecule has 19 heavy (non-hydrogen) atoms. The van der Waals surface area contributed by atoms with Crippen LogP contribution in [0.3, 0.4) is 0 Å². The summed E-state index contributed by atoms with van der Waals surface area (Å²) >= 11 is 0. The summed E-state index contributed by atoms with van der Waals surface area (Å²) in [4.78, 5) is 13.0. The smallest absolute Gasteiger partial charge is 0.328 e. The molecule has 0 radical (unpaired) electrons. The molecule has 0 aromatic heterocycles. The molecule has 1 aliphatic rings. The average Bonchev–Trinajstić information content (AvgIpc) is 2.86. The van der Waals surface area contributed by atoms with Crippen molar-refractivity contribution in [3.63, 3.8) is 0 Å². The molecule has 1 unspecified atom stereocenters. The first kappa shape index (κ1) is 13.7. The molecule has 0 amide bonds. The van der Waals surface area contributed by atoms with Gasteiger partial charge in [-0.2, -0.15) is 0 Å². The largest absolute Gasteiger partial charge is 0.478 e. The second-order valence-electron chi connectivity index (χ2n) is 5.47. The summed E-state index contributed by atoms with van der Waals surface area (Å²) < 4.78 is 0. The molecule has 1 aromatic carbocycles. The molecular formula is C16H21NO2. The Morgan fingerprint density at radius 2 is 2.16 bits per heavy atom. The molecule has 3 nitrogen and oxygen atoms in total. The van der Waals surface area contributed by atoms with Crippen molar-refractivity contribution < 1.29 is 9.90 Å². The molecule has 1 saturated heterocycles. The number of hydrogen-bond donors (Lipinski definition) is 1. The Bertz CT molecular complexity index is 479. The van der Waals surface area contributed by atoms with Crippen molar-refractivity contribution in [1.82, 2.24) is 0 Å². The summed E-state index contributed by atoms with van der Waals surface area (Å²) in [6.45, 7) is 6.66. The van der Waals surface area contributed by atoms with Crippen molar-refractivity contribution in [3.05, 3.63) is 35.9 Å². The lowest BCUT2D eigenvalue weighted by Gasteiger charge is -2.22. The van der Waals surface area contributed by atoms with E-state index in [1.165, 1.54) is 12.5 Å². The zero-order valence-corrected chi connectivity index (χ0v) is 11.5. The lowest BCUT2D eigenvalue weighted by atomic mass is 9.95. The molecule has 1 heterocycles. The van der Waals surface area contributed by atoms with Crippen LogP contribution in [0.15, 0.2) is 30.3 Å². The van der Waals surface area contributed by atoms with Gasteiger partial charge in [0.25, 0.3) is 0 Å². The number of carboxylic acid groups (broad SMARTS) is 1. The molecule has 2 rings (SSSR count). The fraction of sp³-hybridized carbons (Fsp3) is 0.438. The van der Waals surface area contributed by atoms with Gasteiger partial charge in [0.2, 0.25) is 0 Å². The van der Waals surface area contributed by atoms with Crippen LogP contribution in [0.2, 0.25) is 0 Å². The standard InChI is InChI=1S/C16H21NO2/c1-12(2)14-9-10-17(11-14)15-6-4-3-5-13(15)7-8-16(18)19/h3-8,12,14H,9-11H2,1-2H3,(H,18,19)/b8-7+. The lowest BCUT2D eigenvalue weighted by Crippen LogP contribution is -2.21. The normalized spacial score (nSPS) is 19.5. The molecule has 1 atom stereocenters. The van der Waals surface area contributed by atoms with Crippen LogP contribution < -0.4 is 4.90 Å². The summed E-state index contributed by atoms with van der Waals surface area (Å²) in [5.74, 6) is 0.527. The summed E-state index contributed by atoms with van der Waals surface area (Å²) in [6, 6.07) is 8.00. The topological polar surface area (TPSA) is 40.5 Å². The third-order valence-corrected chi connectivity index (χ3v) is 3.85. The molecule has 3 heteroatoms. The van der Waals surface area contributed by atoms with Crippen LogP contribution in [0, 0.1) is 11.8 Å². The van der Waals surface area contributed by atoms with Crippen LogP contribution in [-0.4, -0.2) is 24.2 Å². The van der Waals surface area contributed by atoms with Crippen molar-refractivity contribution in [3.8, 4) is 0 Å². The van der Waals surface area contributed by atoms with E-state index in [4.69, 9.17) is 5.11 Å². The van der Waals surface area contributed by atoms with Crippen molar-refractivity contribution in [2.24, 2.45) is 11.8 Å². The van der Waals surface area contributed by atoms with Crippen molar-refractivity contribution in [2.75, 3.05) is 18.0 Å². The molecule has 102 valence electrons. The van der Waals surface area contributed by atoms with Gasteiger partial charge in [0.15, 0.2) is 0 Å². The molecule has 1 fully saturated rings. The minimum atomic E-state index is -0.906. The van der Waals surface area contributed by atoms with Crippen LogP contribution in [0.5, 0.6) is 0 Å². The molecule has 0 saturated carbocycles. The van der Waals surface area contributed by atoms with E-state index in [1.54, 1.807) is 6.08 Å². The van der Waals surface area contributed by atoms with Gasteiger partial charge in [0.1, 0.15) is 0 Å². The number of carboxylic acids is 1. The van der Waals surface area contributed by atoms with E-state index in [1.807, 2.05) is 18.2 Å². The first-order valence-electron chi connectivity index (χ1n) is 6.83. The highest BCUT2D eigenvalue weighted by Gasteiger charge is 2.25. The van der Waals surface area contributed by atoms with E-state index in [-0.39, 0.29) is 0 Å². The number of benzene rings is 1. The van der Waals surface area contributed by atoms with Crippen molar-refractivity contribution >= 4 is 17.7 Å². The maximum atomic E-state index is 10.6. The van der Waals surface area contributed by atoms with Gasteiger partial charge >= 0.3 is 5.97 Å². The number of aliphatic carboxylic acids is 1. The summed E-state index contributed by atoms with van der Waals surface area (Å²) in [5.41, 5.74) is 2.12. The van der Waals surface area contributed by atoms with Gasteiger partial charge in [-0.05, 0) is 36.0 Å². The predicted molar refractivity (Wildman–Crippen MR) is 78.3 cm³/mol. The first-order valence-corrected chi connectivity index (χ1v) is 6.83. The van der Waals surface area contributed by atoms with Crippen LogP contribution in [-0.2, 0) is 4.79 Å². The number of hydrogen-bond acceptors (Lipinski definition) is 2. The maximum absolute atomic E-state index is 10.6. The number of nitrogens with zero attached hydrogens (tertiary/aromatic N) is 1. The van der Waals surface area contributed by atoms with Crippen molar-refractivity contribution in [1.29, 1.82) is 0 Å². The Labute approximate surface area is 114 Å².